The van der Waals surface area contributed by atoms with Crippen LogP contribution in [-0.2, 0) is 22.4 Å². The maximum Gasteiger partial charge on any atom is 0.328 e. The van der Waals surface area contributed by atoms with Crippen molar-refractivity contribution in [3.63, 3.8) is 0 Å². The molecule has 1 aromatic heterocycles. The Morgan fingerprint density at radius 3 is 2.12 bits per heavy atom. The number of nitrogens with one attached hydrogen (secondary N) is 1. The Balaban J connectivity index is 0.000000414. The topological polar surface area (TPSA) is 111 Å². The number of rotatable bonds is 9. The third kappa shape index (κ3) is 9.63. The molecule has 9 heteroatoms. The van der Waals surface area contributed by atoms with Crippen molar-refractivity contribution < 1.29 is 24.2 Å². The van der Waals surface area contributed by atoms with Gasteiger partial charge in [0.05, 0.1) is 5.69 Å². The fourth-order valence-corrected chi connectivity index (χ4v) is 3.74. The average Bonchev–Trinajstić information content (AvgIpc) is 3.17. The molecule has 174 valence electrons. The Labute approximate surface area is 194 Å². The second-order valence-corrected chi connectivity index (χ2v) is 8.19. The summed E-state index contributed by atoms with van der Waals surface area (Å²) in [5, 5.41) is 15.6. The van der Waals surface area contributed by atoms with Gasteiger partial charge in [-0.05, 0) is 55.3 Å². The van der Waals surface area contributed by atoms with Crippen LogP contribution in [0.1, 0.15) is 10.4 Å². The van der Waals surface area contributed by atoms with Crippen molar-refractivity contribution in [1.82, 2.24) is 9.88 Å². The number of carbonyl (C=O) groups is 2. The van der Waals surface area contributed by atoms with Crippen molar-refractivity contribution in [2.75, 3.05) is 20.1 Å². The lowest BCUT2D eigenvalue weighted by Gasteiger charge is -2.16. The SMILES string of the molecule is CN(CCc1ccccc1)CCc1sc(=O)[nH]c1-c1ccc(F)cc1.O=C(O)/C=C\C(=O)O. The summed E-state index contributed by atoms with van der Waals surface area (Å²) in [5.74, 6) is -2.79. The number of aliphatic carboxylic acids is 2. The summed E-state index contributed by atoms with van der Waals surface area (Å²) in [5.41, 5.74) is 2.99. The van der Waals surface area contributed by atoms with Gasteiger partial charge in [-0.2, -0.15) is 0 Å². The van der Waals surface area contributed by atoms with E-state index in [0.717, 1.165) is 42.1 Å². The van der Waals surface area contributed by atoms with Gasteiger partial charge >= 0.3 is 16.8 Å². The van der Waals surface area contributed by atoms with Crippen molar-refractivity contribution in [1.29, 1.82) is 0 Å². The molecule has 0 amide bonds. The fraction of sp³-hybridized carbons (Fsp3) is 0.208. The predicted octanol–water partition coefficient (Wildman–Crippen LogP) is 3.67. The Bertz CT molecular complexity index is 1110. The van der Waals surface area contributed by atoms with Gasteiger partial charge in [-0.3, -0.25) is 4.79 Å². The second-order valence-electron chi connectivity index (χ2n) is 7.12. The van der Waals surface area contributed by atoms with E-state index >= 15 is 0 Å². The molecule has 3 N–H and O–H groups in total. The molecule has 33 heavy (non-hydrogen) atoms. The molecule has 0 atom stereocenters. The van der Waals surface area contributed by atoms with Crippen LogP contribution in [-0.4, -0.2) is 52.2 Å². The molecule has 0 unspecified atom stereocenters. The fourth-order valence-electron chi connectivity index (χ4n) is 2.90. The van der Waals surface area contributed by atoms with Crippen LogP contribution in [0.4, 0.5) is 4.39 Å². The number of carboxylic acid groups (broad SMARTS) is 2. The van der Waals surface area contributed by atoms with Gasteiger partial charge in [0.2, 0.25) is 0 Å². The second kappa shape index (κ2) is 13.1. The molecule has 0 bridgehead atoms. The zero-order valence-electron chi connectivity index (χ0n) is 18.0. The summed E-state index contributed by atoms with van der Waals surface area (Å²) < 4.78 is 13.1. The molecule has 0 spiro atoms. The number of halogens is 1. The monoisotopic (exact) mass is 472 g/mol. The summed E-state index contributed by atoms with van der Waals surface area (Å²) in [7, 11) is 2.09. The highest BCUT2D eigenvalue weighted by molar-refractivity contribution is 7.09. The summed E-state index contributed by atoms with van der Waals surface area (Å²) in [6.07, 6.45) is 2.91. The van der Waals surface area contributed by atoms with Gasteiger partial charge < -0.3 is 20.1 Å². The van der Waals surface area contributed by atoms with Crippen LogP contribution in [0.15, 0.2) is 71.5 Å². The minimum absolute atomic E-state index is 0.0683. The molecule has 0 saturated carbocycles. The number of nitrogens with zero attached hydrogens (tertiary/aromatic N) is 1. The molecular formula is C24H25FN2O5S. The number of hydrogen-bond donors (Lipinski definition) is 3. The summed E-state index contributed by atoms with van der Waals surface area (Å²) in [6.45, 7) is 1.84. The molecule has 3 rings (SSSR count). The van der Waals surface area contributed by atoms with Crippen molar-refractivity contribution >= 4 is 23.3 Å². The van der Waals surface area contributed by atoms with E-state index in [1.54, 1.807) is 12.1 Å². The molecule has 0 fully saturated rings. The highest BCUT2D eigenvalue weighted by atomic mass is 32.1. The molecule has 1 heterocycles. The van der Waals surface area contributed by atoms with E-state index in [-0.39, 0.29) is 10.7 Å². The third-order valence-corrected chi connectivity index (χ3v) is 5.51. The third-order valence-electron chi connectivity index (χ3n) is 4.57. The number of benzene rings is 2. The van der Waals surface area contributed by atoms with Crippen molar-refractivity contribution in [2.24, 2.45) is 0 Å². The molecule has 3 aromatic rings. The lowest BCUT2D eigenvalue weighted by Crippen LogP contribution is -2.23. The van der Waals surface area contributed by atoms with Crippen molar-refractivity contribution in [3.8, 4) is 11.3 Å². The van der Waals surface area contributed by atoms with Crippen molar-refractivity contribution in [3.05, 3.63) is 92.7 Å². The van der Waals surface area contributed by atoms with E-state index in [1.165, 1.54) is 29.0 Å². The standard InChI is InChI=1S/C20H21FN2OS.C4H4O4/c1-23(13-11-15-5-3-2-4-6-15)14-12-18-19(22-20(24)25-18)16-7-9-17(21)10-8-16;5-3(6)1-2-4(7)8/h2-10H,11-14H2,1H3,(H,22,24);1-2H,(H,5,6)(H,7,8)/b;2-1-. The highest BCUT2D eigenvalue weighted by Gasteiger charge is 2.11. The summed E-state index contributed by atoms with van der Waals surface area (Å²) in [4.78, 5) is 37.0. The van der Waals surface area contributed by atoms with Gasteiger partial charge in [0.1, 0.15) is 5.82 Å². The zero-order chi connectivity index (χ0) is 24.2. The van der Waals surface area contributed by atoms with Crippen LogP contribution >= 0.6 is 11.3 Å². The van der Waals surface area contributed by atoms with Crippen LogP contribution in [0.3, 0.4) is 0 Å². The first-order valence-corrected chi connectivity index (χ1v) is 10.9. The largest absolute Gasteiger partial charge is 0.478 e. The quantitative estimate of drug-likeness (QED) is 0.410. The van der Waals surface area contributed by atoms with Crippen LogP contribution in [0.2, 0.25) is 0 Å². The number of thiazole rings is 1. The van der Waals surface area contributed by atoms with Gasteiger partial charge in [0.15, 0.2) is 0 Å². The Morgan fingerprint density at radius 2 is 1.55 bits per heavy atom. The number of hydrogen-bond acceptors (Lipinski definition) is 5. The lowest BCUT2D eigenvalue weighted by atomic mass is 10.1. The van der Waals surface area contributed by atoms with Crippen LogP contribution < -0.4 is 4.87 Å². The van der Waals surface area contributed by atoms with E-state index in [9.17, 15) is 18.8 Å². The van der Waals surface area contributed by atoms with Gasteiger partial charge in [0.25, 0.3) is 0 Å². The predicted molar refractivity (Wildman–Crippen MR) is 126 cm³/mol. The van der Waals surface area contributed by atoms with E-state index in [2.05, 4.69) is 41.2 Å². The van der Waals surface area contributed by atoms with E-state index in [0.29, 0.717) is 12.2 Å². The molecule has 0 radical (unpaired) electrons. The van der Waals surface area contributed by atoms with Gasteiger partial charge in [-0.15, -0.1) is 0 Å². The summed E-state index contributed by atoms with van der Waals surface area (Å²) in [6, 6.07) is 16.7. The number of H-pyrrole nitrogens is 1. The number of carboxylic acids is 2. The maximum atomic E-state index is 13.1. The molecule has 0 aliphatic carbocycles. The van der Waals surface area contributed by atoms with Crippen LogP contribution in [0.5, 0.6) is 0 Å². The number of likely N-dealkylation sites (N-methyl/N-ethyl adjacent to an activating group) is 1. The van der Waals surface area contributed by atoms with Crippen molar-refractivity contribution in [2.45, 2.75) is 12.8 Å². The van der Waals surface area contributed by atoms with E-state index < -0.39 is 11.9 Å². The lowest BCUT2D eigenvalue weighted by molar-refractivity contribution is -0.134. The van der Waals surface area contributed by atoms with Crippen LogP contribution in [0, 0.1) is 5.82 Å². The normalized spacial score (nSPS) is 10.8. The van der Waals surface area contributed by atoms with E-state index in [4.69, 9.17) is 10.2 Å². The Kier molecular flexibility index (Phi) is 10.2. The van der Waals surface area contributed by atoms with E-state index in [1.807, 2.05) is 6.07 Å². The molecule has 2 aromatic carbocycles. The molecule has 0 aliphatic rings. The maximum absolute atomic E-state index is 13.1. The van der Waals surface area contributed by atoms with Crippen LogP contribution in [0.25, 0.3) is 11.3 Å². The van der Waals surface area contributed by atoms with Gasteiger partial charge in [-0.1, -0.05) is 41.7 Å². The number of aromatic nitrogens is 1. The summed E-state index contributed by atoms with van der Waals surface area (Å²) >= 11 is 1.24. The van der Waals surface area contributed by atoms with Gasteiger partial charge in [-0.25, -0.2) is 14.0 Å². The zero-order valence-corrected chi connectivity index (χ0v) is 18.8. The first kappa shape index (κ1) is 25.7. The highest BCUT2D eigenvalue weighted by Crippen LogP contribution is 2.24. The average molecular weight is 473 g/mol. The van der Waals surface area contributed by atoms with Gasteiger partial charge in [0, 0.05) is 30.1 Å². The first-order valence-electron chi connectivity index (χ1n) is 10.1. The molecular weight excluding hydrogens is 447 g/mol. The Morgan fingerprint density at radius 1 is 0.970 bits per heavy atom. The molecule has 0 saturated heterocycles. The molecule has 7 nitrogen and oxygen atoms in total. The Hall–Kier alpha value is -3.56. The molecule has 0 aliphatic heterocycles. The smallest absolute Gasteiger partial charge is 0.328 e. The minimum Gasteiger partial charge on any atom is -0.478 e. The minimum atomic E-state index is -1.26. The number of aromatic amines is 1. The first-order chi connectivity index (χ1) is 15.7.